The number of aryl methyl sites for hydroxylation is 1. The van der Waals surface area contributed by atoms with E-state index in [-0.39, 0.29) is 29.8 Å². The zero-order valence-corrected chi connectivity index (χ0v) is 14.7. The maximum Gasteiger partial charge on any atom is 0.276 e. The van der Waals surface area contributed by atoms with Crippen LogP contribution in [-0.4, -0.2) is 40.3 Å². The Hall–Kier alpha value is -2.63. The molecule has 2 amide bonds. The molecule has 6 heteroatoms. The number of oxazole rings is 1. The molecule has 0 saturated carbocycles. The van der Waals surface area contributed by atoms with E-state index >= 15 is 0 Å². The lowest BCUT2D eigenvalue weighted by Crippen LogP contribution is -2.42. The van der Waals surface area contributed by atoms with Crippen molar-refractivity contribution in [3.8, 4) is 0 Å². The summed E-state index contributed by atoms with van der Waals surface area (Å²) in [6, 6.07) is 8.22. The SMILES string of the molecule is Cc1ocnc1C(=O)N1C2CCC1C(C(=O)N1CCc3ccccc31)C2. The highest BCUT2D eigenvalue weighted by Gasteiger charge is 2.53. The Morgan fingerprint density at radius 2 is 2.08 bits per heavy atom. The van der Waals surface area contributed by atoms with Gasteiger partial charge >= 0.3 is 0 Å². The van der Waals surface area contributed by atoms with Crippen LogP contribution in [0.2, 0.25) is 0 Å². The van der Waals surface area contributed by atoms with Crippen molar-refractivity contribution >= 4 is 17.5 Å². The Labute approximate surface area is 151 Å². The summed E-state index contributed by atoms with van der Waals surface area (Å²) in [6.07, 6.45) is 4.82. The molecule has 5 rings (SSSR count). The van der Waals surface area contributed by atoms with Gasteiger partial charge in [0.25, 0.3) is 5.91 Å². The minimum absolute atomic E-state index is 0.0242. The van der Waals surface area contributed by atoms with Gasteiger partial charge in [0, 0.05) is 24.3 Å². The summed E-state index contributed by atoms with van der Waals surface area (Å²) in [5.41, 5.74) is 2.64. The third kappa shape index (κ3) is 2.14. The molecule has 0 spiro atoms. The van der Waals surface area contributed by atoms with Crippen LogP contribution in [0.25, 0.3) is 0 Å². The average molecular weight is 351 g/mol. The number of hydrogen-bond donors (Lipinski definition) is 0. The second kappa shape index (κ2) is 5.69. The van der Waals surface area contributed by atoms with Crippen LogP contribution in [0.4, 0.5) is 5.69 Å². The van der Waals surface area contributed by atoms with Crippen molar-refractivity contribution in [2.45, 2.75) is 44.7 Å². The van der Waals surface area contributed by atoms with Gasteiger partial charge < -0.3 is 14.2 Å². The first-order valence-electron chi connectivity index (χ1n) is 9.27. The standard InChI is InChI=1S/C20H21N3O3/c1-12-18(21-11-26-12)20(25)23-14-6-7-17(23)15(10-14)19(24)22-9-8-13-4-2-3-5-16(13)22/h2-5,11,14-15,17H,6-10H2,1H3. The first-order valence-corrected chi connectivity index (χ1v) is 9.27. The number of nitrogens with zero attached hydrogens (tertiary/aromatic N) is 3. The predicted molar refractivity (Wildman–Crippen MR) is 94.8 cm³/mol. The highest BCUT2D eigenvalue weighted by molar-refractivity contribution is 5.99. The Bertz CT molecular complexity index is 890. The number of amides is 2. The molecule has 0 aliphatic carbocycles. The van der Waals surface area contributed by atoms with Gasteiger partial charge in [0.2, 0.25) is 5.91 Å². The number of benzene rings is 1. The Morgan fingerprint density at radius 3 is 2.88 bits per heavy atom. The molecule has 2 bridgehead atoms. The molecule has 0 N–H and O–H groups in total. The number of hydrogen-bond acceptors (Lipinski definition) is 4. The molecule has 2 aromatic rings. The number of carbonyl (C=O) groups is 2. The van der Waals surface area contributed by atoms with E-state index in [9.17, 15) is 9.59 Å². The van der Waals surface area contributed by atoms with Crippen molar-refractivity contribution in [3.63, 3.8) is 0 Å². The van der Waals surface area contributed by atoms with Crippen molar-refractivity contribution in [2.24, 2.45) is 5.92 Å². The second-order valence-electron chi connectivity index (χ2n) is 7.48. The molecule has 1 aromatic carbocycles. The van der Waals surface area contributed by atoms with E-state index in [1.807, 2.05) is 28.0 Å². The molecule has 1 aromatic heterocycles. The average Bonchev–Trinajstić information content (AvgIpc) is 3.42. The monoisotopic (exact) mass is 351 g/mol. The van der Waals surface area contributed by atoms with Crippen LogP contribution in [0.5, 0.6) is 0 Å². The number of fused-ring (bicyclic) bond motifs is 3. The number of carbonyl (C=O) groups excluding carboxylic acids is 2. The van der Waals surface area contributed by atoms with Gasteiger partial charge in [0.1, 0.15) is 5.76 Å². The van der Waals surface area contributed by atoms with Gasteiger partial charge in [-0.25, -0.2) is 4.98 Å². The molecule has 3 atom stereocenters. The lowest BCUT2D eigenvalue weighted by Gasteiger charge is -2.27. The second-order valence-corrected chi connectivity index (χ2v) is 7.48. The predicted octanol–water partition coefficient (Wildman–Crippen LogP) is 2.57. The fraction of sp³-hybridized carbons (Fsp3) is 0.450. The molecule has 0 radical (unpaired) electrons. The number of aromatic nitrogens is 1. The summed E-state index contributed by atoms with van der Waals surface area (Å²) in [5.74, 6) is 0.492. The van der Waals surface area contributed by atoms with E-state index in [0.717, 1.165) is 37.9 Å². The van der Waals surface area contributed by atoms with E-state index < -0.39 is 0 Å². The Morgan fingerprint density at radius 1 is 1.23 bits per heavy atom. The molecule has 3 aliphatic heterocycles. The van der Waals surface area contributed by atoms with Gasteiger partial charge in [0.05, 0.1) is 5.92 Å². The van der Waals surface area contributed by atoms with Crippen LogP contribution in [-0.2, 0) is 11.2 Å². The van der Waals surface area contributed by atoms with Crippen LogP contribution < -0.4 is 4.90 Å². The van der Waals surface area contributed by atoms with Crippen molar-refractivity contribution < 1.29 is 14.0 Å². The smallest absolute Gasteiger partial charge is 0.276 e. The molecule has 2 fully saturated rings. The molecule has 134 valence electrons. The van der Waals surface area contributed by atoms with Crippen LogP contribution in [0, 0.1) is 12.8 Å². The van der Waals surface area contributed by atoms with Crippen LogP contribution >= 0.6 is 0 Å². The third-order valence-electron chi connectivity index (χ3n) is 6.19. The highest BCUT2D eigenvalue weighted by atomic mass is 16.3. The minimum Gasteiger partial charge on any atom is -0.448 e. The van der Waals surface area contributed by atoms with Crippen molar-refractivity contribution in [1.29, 1.82) is 0 Å². The van der Waals surface area contributed by atoms with E-state index in [1.54, 1.807) is 6.92 Å². The van der Waals surface area contributed by atoms with Gasteiger partial charge in [-0.3, -0.25) is 9.59 Å². The fourth-order valence-corrected chi connectivity index (χ4v) is 4.97. The highest BCUT2D eigenvalue weighted by Crippen LogP contribution is 2.44. The van der Waals surface area contributed by atoms with E-state index in [0.29, 0.717) is 11.5 Å². The summed E-state index contributed by atoms with van der Waals surface area (Å²) in [6.45, 7) is 2.49. The van der Waals surface area contributed by atoms with Gasteiger partial charge in [-0.1, -0.05) is 18.2 Å². The van der Waals surface area contributed by atoms with Crippen LogP contribution in [0.15, 0.2) is 35.1 Å². The topological polar surface area (TPSA) is 66.7 Å². The summed E-state index contributed by atoms with van der Waals surface area (Å²) < 4.78 is 5.20. The normalized spacial score (nSPS) is 26.4. The molecule has 2 saturated heterocycles. The van der Waals surface area contributed by atoms with Gasteiger partial charge in [-0.2, -0.15) is 0 Å². The zero-order chi connectivity index (χ0) is 17.8. The first-order chi connectivity index (χ1) is 12.6. The van der Waals surface area contributed by atoms with Crippen LogP contribution in [0.1, 0.15) is 41.1 Å². The van der Waals surface area contributed by atoms with Crippen molar-refractivity contribution in [2.75, 3.05) is 11.4 Å². The molecule has 6 nitrogen and oxygen atoms in total. The summed E-state index contributed by atoms with van der Waals surface area (Å²) >= 11 is 0. The number of rotatable bonds is 2. The first kappa shape index (κ1) is 15.6. The minimum atomic E-state index is -0.115. The fourth-order valence-electron chi connectivity index (χ4n) is 4.97. The van der Waals surface area contributed by atoms with E-state index in [2.05, 4.69) is 11.1 Å². The number of anilines is 1. The molecule has 4 heterocycles. The van der Waals surface area contributed by atoms with Gasteiger partial charge in [-0.05, 0) is 44.2 Å². The quantitative estimate of drug-likeness (QED) is 0.834. The van der Waals surface area contributed by atoms with Crippen LogP contribution in [0.3, 0.4) is 0 Å². The van der Waals surface area contributed by atoms with Crippen molar-refractivity contribution in [1.82, 2.24) is 9.88 Å². The molecular weight excluding hydrogens is 330 g/mol. The molecule has 26 heavy (non-hydrogen) atoms. The Kier molecular flexibility index (Phi) is 3.42. The number of para-hydroxylation sites is 1. The zero-order valence-electron chi connectivity index (χ0n) is 14.7. The summed E-state index contributed by atoms with van der Waals surface area (Å²) in [7, 11) is 0. The maximum absolute atomic E-state index is 13.3. The third-order valence-corrected chi connectivity index (χ3v) is 6.19. The Balaban J connectivity index is 1.40. The van der Waals surface area contributed by atoms with Gasteiger partial charge in [0.15, 0.2) is 12.1 Å². The largest absolute Gasteiger partial charge is 0.448 e. The summed E-state index contributed by atoms with van der Waals surface area (Å²) in [4.78, 5) is 34.1. The van der Waals surface area contributed by atoms with Crippen molar-refractivity contribution in [3.05, 3.63) is 47.7 Å². The lowest BCUT2D eigenvalue weighted by atomic mass is 9.88. The van der Waals surface area contributed by atoms with E-state index in [4.69, 9.17) is 4.42 Å². The molecular formula is C20H21N3O3. The maximum atomic E-state index is 13.3. The molecule has 3 unspecified atom stereocenters. The summed E-state index contributed by atoms with van der Waals surface area (Å²) in [5, 5.41) is 0. The lowest BCUT2D eigenvalue weighted by molar-refractivity contribution is -0.123. The van der Waals surface area contributed by atoms with Gasteiger partial charge in [-0.15, -0.1) is 0 Å². The van der Waals surface area contributed by atoms with E-state index in [1.165, 1.54) is 12.0 Å². The molecule has 3 aliphatic rings.